The number of rotatable bonds is 2. The molecule has 0 radical (unpaired) electrons. The zero-order valence-corrected chi connectivity index (χ0v) is 8.50. The van der Waals surface area contributed by atoms with Gasteiger partial charge in [0.1, 0.15) is 5.75 Å². The van der Waals surface area contributed by atoms with E-state index < -0.39 is 11.7 Å². The van der Waals surface area contributed by atoms with Gasteiger partial charge in [0.2, 0.25) is 0 Å². The average Bonchev–Trinajstić information content (AvgIpc) is 2.15. The molecule has 5 heteroatoms. The molecule has 0 N–H and O–H groups in total. The van der Waals surface area contributed by atoms with E-state index in [0.29, 0.717) is 4.90 Å². The molecule has 1 aromatic carbocycles. The van der Waals surface area contributed by atoms with E-state index in [1.807, 2.05) is 0 Å². The van der Waals surface area contributed by atoms with Gasteiger partial charge < -0.3 is 4.74 Å². The lowest BCUT2D eigenvalue weighted by atomic mass is 10.2. The molecule has 0 saturated carbocycles. The summed E-state index contributed by atoms with van der Waals surface area (Å²) in [6, 6.07) is 3.46. The smallest absolute Gasteiger partial charge is 0.416 e. The first-order valence-corrected chi connectivity index (χ1v) is 5.00. The van der Waals surface area contributed by atoms with Crippen molar-refractivity contribution in [1.29, 1.82) is 0 Å². The molecule has 0 spiro atoms. The van der Waals surface area contributed by atoms with E-state index in [1.165, 1.54) is 24.9 Å². The molecule has 0 aliphatic heterocycles. The van der Waals surface area contributed by atoms with Crippen LogP contribution >= 0.6 is 11.8 Å². The fourth-order valence-corrected chi connectivity index (χ4v) is 1.56. The minimum Gasteiger partial charge on any atom is -0.496 e. The summed E-state index contributed by atoms with van der Waals surface area (Å²) in [6.45, 7) is 0. The summed E-state index contributed by atoms with van der Waals surface area (Å²) in [5.74, 6) is 0.257. The lowest BCUT2D eigenvalue weighted by Gasteiger charge is -2.10. The van der Waals surface area contributed by atoms with Crippen molar-refractivity contribution in [2.24, 2.45) is 0 Å². The van der Waals surface area contributed by atoms with Gasteiger partial charge in [0, 0.05) is 4.90 Å². The number of alkyl halides is 3. The quantitative estimate of drug-likeness (QED) is 0.709. The Morgan fingerprint density at radius 3 is 2.36 bits per heavy atom. The Morgan fingerprint density at radius 2 is 1.93 bits per heavy atom. The fraction of sp³-hybridized carbons (Fsp3) is 0.333. The Morgan fingerprint density at radius 1 is 1.29 bits per heavy atom. The van der Waals surface area contributed by atoms with E-state index in [9.17, 15) is 13.2 Å². The van der Waals surface area contributed by atoms with Gasteiger partial charge >= 0.3 is 6.18 Å². The highest BCUT2D eigenvalue weighted by atomic mass is 32.2. The number of hydrogen-bond acceptors (Lipinski definition) is 2. The first-order chi connectivity index (χ1) is 6.49. The molecule has 0 fully saturated rings. The van der Waals surface area contributed by atoms with Crippen molar-refractivity contribution in [3.8, 4) is 5.75 Å². The van der Waals surface area contributed by atoms with Crippen molar-refractivity contribution < 1.29 is 17.9 Å². The van der Waals surface area contributed by atoms with E-state index in [1.54, 1.807) is 6.26 Å². The Bertz CT molecular complexity index is 322. The van der Waals surface area contributed by atoms with Gasteiger partial charge in [-0.15, -0.1) is 11.8 Å². The molecule has 0 unspecified atom stereocenters. The second kappa shape index (κ2) is 4.13. The summed E-state index contributed by atoms with van der Waals surface area (Å²) in [5, 5.41) is 0. The number of methoxy groups -OCH3 is 1. The molecular formula is C9H9F3OS. The van der Waals surface area contributed by atoms with Crippen molar-refractivity contribution in [3.63, 3.8) is 0 Å². The summed E-state index contributed by atoms with van der Waals surface area (Å²) in [4.78, 5) is 0.695. The first-order valence-electron chi connectivity index (χ1n) is 3.78. The highest BCUT2D eigenvalue weighted by molar-refractivity contribution is 7.98. The molecule has 0 saturated heterocycles. The van der Waals surface area contributed by atoms with Crippen LogP contribution in [0.4, 0.5) is 13.2 Å². The Hall–Kier alpha value is -0.840. The normalized spacial score (nSPS) is 11.5. The summed E-state index contributed by atoms with van der Waals surface area (Å²) < 4.78 is 41.7. The van der Waals surface area contributed by atoms with E-state index in [0.717, 1.165) is 12.1 Å². The minimum absolute atomic E-state index is 0.257. The number of hydrogen-bond donors (Lipinski definition) is 0. The predicted molar refractivity (Wildman–Crippen MR) is 49.8 cm³/mol. The zero-order valence-electron chi connectivity index (χ0n) is 7.68. The van der Waals surface area contributed by atoms with E-state index in [4.69, 9.17) is 4.74 Å². The molecule has 1 nitrogen and oxygen atoms in total. The second-order valence-corrected chi connectivity index (χ2v) is 3.42. The molecular weight excluding hydrogens is 213 g/mol. The zero-order chi connectivity index (χ0) is 10.8. The van der Waals surface area contributed by atoms with Gasteiger partial charge in [-0.3, -0.25) is 0 Å². The minimum atomic E-state index is -4.32. The predicted octanol–water partition coefficient (Wildman–Crippen LogP) is 3.44. The van der Waals surface area contributed by atoms with Crippen molar-refractivity contribution in [3.05, 3.63) is 23.8 Å². The monoisotopic (exact) mass is 222 g/mol. The molecule has 0 aromatic heterocycles. The van der Waals surface area contributed by atoms with E-state index >= 15 is 0 Å². The third-order valence-electron chi connectivity index (χ3n) is 1.71. The summed E-state index contributed by atoms with van der Waals surface area (Å²) in [5.41, 5.74) is -0.688. The highest BCUT2D eigenvalue weighted by Crippen LogP contribution is 2.35. The standard InChI is InChI=1S/C9H9F3OS/c1-13-7-5-6(9(10,11)12)3-4-8(7)14-2/h3-5H,1-2H3. The number of ether oxygens (including phenoxy) is 1. The van der Waals surface area contributed by atoms with Crippen LogP contribution < -0.4 is 4.74 Å². The highest BCUT2D eigenvalue weighted by Gasteiger charge is 2.31. The molecule has 0 amide bonds. The van der Waals surface area contributed by atoms with E-state index in [-0.39, 0.29) is 5.75 Å². The summed E-state index contributed by atoms with van der Waals surface area (Å²) in [6.07, 6.45) is -2.53. The maximum absolute atomic E-state index is 12.3. The summed E-state index contributed by atoms with van der Waals surface area (Å²) >= 11 is 1.35. The van der Waals surface area contributed by atoms with Crippen LogP contribution in [-0.4, -0.2) is 13.4 Å². The van der Waals surface area contributed by atoms with Gasteiger partial charge in [0.05, 0.1) is 12.7 Å². The van der Waals surface area contributed by atoms with Crippen molar-refractivity contribution >= 4 is 11.8 Å². The van der Waals surface area contributed by atoms with Crippen LogP contribution in [0.25, 0.3) is 0 Å². The van der Waals surface area contributed by atoms with Gasteiger partial charge in [-0.05, 0) is 24.5 Å². The Kier molecular flexibility index (Phi) is 3.31. The van der Waals surface area contributed by atoms with Crippen LogP contribution in [0.15, 0.2) is 23.1 Å². The van der Waals surface area contributed by atoms with Gasteiger partial charge in [-0.25, -0.2) is 0 Å². The van der Waals surface area contributed by atoms with Crippen molar-refractivity contribution in [1.82, 2.24) is 0 Å². The van der Waals surface area contributed by atoms with Crippen LogP contribution in [0.2, 0.25) is 0 Å². The van der Waals surface area contributed by atoms with Gasteiger partial charge in [-0.2, -0.15) is 13.2 Å². The third kappa shape index (κ3) is 2.35. The van der Waals surface area contributed by atoms with Crippen molar-refractivity contribution in [2.75, 3.05) is 13.4 Å². The molecule has 0 aliphatic rings. The van der Waals surface area contributed by atoms with Gasteiger partial charge in [0.15, 0.2) is 0 Å². The largest absolute Gasteiger partial charge is 0.496 e. The van der Waals surface area contributed by atoms with Crippen LogP contribution in [0, 0.1) is 0 Å². The molecule has 0 atom stereocenters. The molecule has 1 aromatic rings. The number of halogens is 3. The van der Waals surface area contributed by atoms with E-state index in [2.05, 4.69) is 0 Å². The lowest BCUT2D eigenvalue weighted by Crippen LogP contribution is -2.05. The topological polar surface area (TPSA) is 9.23 Å². The van der Waals surface area contributed by atoms with Gasteiger partial charge in [0.25, 0.3) is 0 Å². The molecule has 0 aliphatic carbocycles. The molecule has 0 bridgehead atoms. The number of thioether (sulfide) groups is 1. The first kappa shape index (κ1) is 11.2. The van der Waals surface area contributed by atoms with Crippen LogP contribution in [0.5, 0.6) is 5.75 Å². The van der Waals surface area contributed by atoms with Crippen LogP contribution in [0.1, 0.15) is 5.56 Å². The number of benzene rings is 1. The van der Waals surface area contributed by atoms with Crippen LogP contribution in [0.3, 0.4) is 0 Å². The molecule has 0 heterocycles. The fourth-order valence-electron chi connectivity index (χ4n) is 1.01. The SMILES string of the molecule is COc1cc(C(F)(F)F)ccc1SC. The Labute approximate surface area is 84.3 Å². The Balaban J connectivity index is 3.14. The maximum atomic E-state index is 12.3. The maximum Gasteiger partial charge on any atom is 0.416 e. The van der Waals surface area contributed by atoms with Crippen LogP contribution in [-0.2, 0) is 6.18 Å². The molecule has 1 rings (SSSR count). The van der Waals surface area contributed by atoms with Gasteiger partial charge in [-0.1, -0.05) is 0 Å². The lowest BCUT2D eigenvalue weighted by molar-refractivity contribution is -0.137. The third-order valence-corrected chi connectivity index (χ3v) is 2.49. The molecule has 14 heavy (non-hydrogen) atoms. The van der Waals surface area contributed by atoms with Crippen molar-refractivity contribution in [2.45, 2.75) is 11.1 Å². The molecule has 78 valence electrons. The average molecular weight is 222 g/mol. The summed E-state index contributed by atoms with van der Waals surface area (Å²) in [7, 11) is 1.36. The second-order valence-electron chi connectivity index (χ2n) is 2.57.